The first kappa shape index (κ1) is 14.4. The largest absolute Gasteiger partial charge is 0.480 e. The van der Waals surface area contributed by atoms with Gasteiger partial charge in [0.15, 0.2) is 0 Å². The van der Waals surface area contributed by atoms with E-state index < -0.39 is 12.0 Å². The number of rotatable bonds is 7. The zero-order valence-corrected chi connectivity index (χ0v) is 10.6. The van der Waals surface area contributed by atoms with Crippen LogP contribution in [-0.4, -0.2) is 23.2 Å². The summed E-state index contributed by atoms with van der Waals surface area (Å²) in [6.45, 7) is 10.4. The summed E-state index contributed by atoms with van der Waals surface area (Å²) in [4.78, 5) is 10.7. The number of hydrogen-bond donors (Lipinski definition) is 2. The van der Waals surface area contributed by atoms with Crippen molar-refractivity contribution < 1.29 is 9.90 Å². The zero-order valence-electron chi connectivity index (χ0n) is 10.6. The van der Waals surface area contributed by atoms with E-state index in [4.69, 9.17) is 5.11 Å². The van der Waals surface area contributed by atoms with Gasteiger partial charge in [0.25, 0.3) is 0 Å². The van der Waals surface area contributed by atoms with Crippen molar-refractivity contribution in [1.29, 1.82) is 0 Å². The van der Waals surface area contributed by atoms with Gasteiger partial charge in [0, 0.05) is 6.04 Å². The Labute approximate surface area is 93.3 Å². The molecule has 0 fully saturated rings. The van der Waals surface area contributed by atoms with Gasteiger partial charge in [-0.2, -0.15) is 0 Å². The summed E-state index contributed by atoms with van der Waals surface area (Å²) >= 11 is 0. The molecule has 0 saturated carbocycles. The van der Waals surface area contributed by atoms with Crippen molar-refractivity contribution in [2.75, 3.05) is 0 Å². The van der Waals surface area contributed by atoms with E-state index in [0.29, 0.717) is 17.9 Å². The molecule has 0 aliphatic carbocycles. The van der Waals surface area contributed by atoms with Gasteiger partial charge in [0.2, 0.25) is 0 Å². The first-order valence-electron chi connectivity index (χ1n) is 5.81. The molecule has 0 amide bonds. The molecule has 0 aromatic rings. The van der Waals surface area contributed by atoms with Gasteiger partial charge in [0.1, 0.15) is 6.04 Å². The Hall–Kier alpha value is -0.570. The summed E-state index contributed by atoms with van der Waals surface area (Å²) in [6.07, 6.45) is 2.08. The third kappa shape index (κ3) is 7.37. The molecule has 3 nitrogen and oxygen atoms in total. The van der Waals surface area contributed by atoms with E-state index in [1.807, 2.05) is 0 Å². The average Bonchev–Trinajstić information content (AvgIpc) is 2.00. The van der Waals surface area contributed by atoms with Gasteiger partial charge in [-0.05, 0) is 31.6 Å². The van der Waals surface area contributed by atoms with Gasteiger partial charge in [-0.3, -0.25) is 4.79 Å². The van der Waals surface area contributed by atoms with Crippen LogP contribution in [-0.2, 0) is 4.79 Å². The fourth-order valence-electron chi connectivity index (χ4n) is 1.80. The predicted molar refractivity (Wildman–Crippen MR) is 62.9 cm³/mol. The highest BCUT2D eigenvalue weighted by atomic mass is 16.4. The van der Waals surface area contributed by atoms with Gasteiger partial charge >= 0.3 is 5.97 Å². The van der Waals surface area contributed by atoms with Crippen LogP contribution in [0.1, 0.15) is 47.5 Å². The maximum Gasteiger partial charge on any atom is 0.320 e. The van der Waals surface area contributed by atoms with Gasteiger partial charge in [0.05, 0.1) is 0 Å². The van der Waals surface area contributed by atoms with Gasteiger partial charge in [-0.15, -0.1) is 0 Å². The summed E-state index contributed by atoms with van der Waals surface area (Å²) in [5, 5.41) is 12.0. The highest BCUT2D eigenvalue weighted by Crippen LogP contribution is 2.13. The summed E-state index contributed by atoms with van der Waals surface area (Å²) < 4.78 is 0. The van der Waals surface area contributed by atoms with E-state index in [1.54, 1.807) is 6.92 Å². The van der Waals surface area contributed by atoms with E-state index >= 15 is 0 Å². The summed E-state index contributed by atoms with van der Waals surface area (Å²) in [5.41, 5.74) is 0. The van der Waals surface area contributed by atoms with E-state index in [9.17, 15) is 4.79 Å². The number of nitrogens with one attached hydrogen (secondary N) is 1. The van der Waals surface area contributed by atoms with Crippen molar-refractivity contribution in [3.05, 3.63) is 0 Å². The molecule has 0 aliphatic heterocycles. The van der Waals surface area contributed by atoms with Gasteiger partial charge < -0.3 is 10.4 Å². The highest BCUT2D eigenvalue weighted by molar-refractivity contribution is 5.72. The zero-order chi connectivity index (χ0) is 12.0. The Kier molecular flexibility index (Phi) is 6.57. The molecule has 90 valence electrons. The second-order valence-corrected chi connectivity index (χ2v) is 5.18. The molecule has 0 aromatic heterocycles. The minimum atomic E-state index is -0.771. The van der Waals surface area contributed by atoms with Crippen molar-refractivity contribution in [1.82, 2.24) is 5.32 Å². The average molecular weight is 215 g/mol. The fraction of sp³-hybridized carbons (Fsp3) is 0.917. The topological polar surface area (TPSA) is 49.3 Å². The number of carboxylic acid groups (broad SMARTS) is 1. The first-order valence-corrected chi connectivity index (χ1v) is 5.81. The third-order valence-corrected chi connectivity index (χ3v) is 2.37. The van der Waals surface area contributed by atoms with Crippen molar-refractivity contribution in [3.8, 4) is 0 Å². The molecular weight excluding hydrogens is 190 g/mol. The van der Waals surface area contributed by atoms with Crippen LogP contribution in [0.3, 0.4) is 0 Å². The molecule has 3 heteroatoms. The number of carbonyl (C=O) groups is 1. The highest BCUT2D eigenvalue weighted by Gasteiger charge is 2.18. The lowest BCUT2D eigenvalue weighted by molar-refractivity contribution is -0.139. The molecule has 0 unspecified atom stereocenters. The number of aliphatic carboxylic acids is 1. The minimum Gasteiger partial charge on any atom is -0.480 e. The van der Waals surface area contributed by atoms with E-state index in [2.05, 4.69) is 33.0 Å². The third-order valence-electron chi connectivity index (χ3n) is 2.37. The van der Waals surface area contributed by atoms with Gasteiger partial charge in [-0.25, -0.2) is 0 Å². The van der Waals surface area contributed by atoms with Crippen LogP contribution >= 0.6 is 0 Å². The Morgan fingerprint density at radius 2 is 1.47 bits per heavy atom. The summed E-state index contributed by atoms with van der Waals surface area (Å²) in [5.74, 6) is 0.428. The minimum absolute atomic E-state index is 0.316. The molecular formula is C12H25NO2. The quantitative estimate of drug-likeness (QED) is 0.686. The van der Waals surface area contributed by atoms with Crippen LogP contribution < -0.4 is 5.32 Å². The molecule has 0 bridgehead atoms. The van der Waals surface area contributed by atoms with E-state index in [1.165, 1.54) is 0 Å². The van der Waals surface area contributed by atoms with Crippen LogP contribution in [0.15, 0.2) is 0 Å². The second-order valence-electron chi connectivity index (χ2n) is 5.18. The van der Waals surface area contributed by atoms with Crippen LogP contribution in [0.4, 0.5) is 0 Å². The normalized spacial score (nSPS) is 13.9. The molecule has 15 heavy (non-hydrogen) atoms. The molecule has 0 aromatic carbocycles. The molecule has 0 rings (SSSR count). The second kappa shape index (κ2) is 6.83. The first-order chi connectivity index (χ1) is 6.82. The van der Waals surface area contributed by atoms with E-state index in [-0.39, 0.29) is 0 Å². The Bertz CT molecular complexity index is 180. The van der Waals surface area contributed by atoms with Crippen molar-refractivity contribution in [2.24, 2.45) is 11.8 Å². The molecule has 0 heterocycles. The fourth-order valence-corrected chi connectivity index (χ4v) is 1.80. The molecule has 0 saturated heterocycles. The lowest BCUT2D eigenvalue weighted by Crippen LogP contribution is -2.42. The molecule has 1 atom stereocenters. The van der Waals surface area contributed by atoms with Crippen molar-refractivity contribution in [3.63, 3.8) is 0 Å². The van der Waals surface area contributed by atoms with Crippen LogP contribution in [0.5, 0.6) is 0 Å². The maximum atomic E-state index is 10.7. The maximum absolute atomic E-state index is 10.7. The predicted octanol–water partition coefficient (Wildman–Crippen LogP) is 2.51. The van der Waals surface area contributed by atoms with Gasteiger partial charge in [-0.1, -0.05) is 27.7 Å². The Balaban J connectivity index is 4.17. The smallest absolute Gasteiger partial charge is 0.320 e. The van der Waals surface area contributed by atoms with Crippen LogP contribution in [0.25, 0.3) is 0 Å². The van der Waals surface area contributed by atoms with Crippen LogP contribution in [0.2, 0.25) is 0 Å². The molecule has 2 N–H and O–H groups in total. The summed E-state index contributed by atoms with van der Waals surface area (Å²) in [7, 11) is 0. The standard InChI is InChI=1S/C12H25NO2/c1-8(2)6-11(7-9(3)4)13-10(5)12(14)15/h8-11,13H,6-7H2,1-5H3,(H,14,15)/t10-/m1/s1. The Morgan fingerprint density at radius 3 is 1.73 bits per heavy atom. The van der Waals surface area contributed by atoms with Crippen molar-refractivity contribution >= 4 is 5.97 Å². The SMILES string of the molecule is CC(C)CC(CC(C)C)N[C@H](C)C(=O)O. The summed E-state index contributed by atoms with van der Waals surface area (Å²) in [6, 6.07) is -0.136. The lowest BCUT2D eigenvalue weighted by Gasteiger charge is -2.24. The Morgan fingerprint density at radius 1 is 1.07 bits per heavy atom. The number of carboxylic acids is 1. The molecule has 0 radical (unpaired) electrons. The molecule has 0 spiro atoms. The number of hydrogen-bond acceptors (Lipinski definition) is 2. The monoisotopic (exact) mass is 215 g/mol. The molecule has 0 aliphatic rings. The lowest BCUT2D eigenvalue weighted by atomic mass is 9.95. The van der Waals surface area contributed by atoms with E-state index in [0.717, 1.165) is 12.8 Å². The van der Waals surface area contributed by atoms with Crippen LogP contribution in [0, 0.1) is 11.8 Å². The van der Waals surface area contributed by atoms with Crippen molar-refractivity contribution in [2.45, 2.75) is 59.5 Å².